The molecule has 0 amide bonds. The fourth-order valence-electron chi connectivity index (χ4n) is 5.81. The fraction of sp³-hybridized carbons (Fsp3) is 0.467. The Labute approximate surface area is 251 Å². The van der Waals surface area contributed by atoms with Gasteiger partial charge in [-0.15, -0.1) is 5.10 Å². The maximum absolute atomic E-state index is 14.2. The third-order valence-corrected chi connectivity index (χ3v) is 9.11. The van der Waals surface area contributed by atoms with Crippen LogP contribution in [0.2, 0.25) is 0 Å². The van der Waals surface area contributed by atoms with E-state index in [1.807, 2.05) is 30.3 Å². The third-order valence-electron chi connectivity index (χ3n) is 8.05. The zero-order valence-corrected chi connectivity index (χ0v) is 24.4. The minimum atomic E-state index is -1.18. The monoisotopic (exact) mass is 612 g/mol. The number of thioether (sulfide) groups is 1. The van der Waals surface area contributed by atoms with Crippen molar-refractivity contribution in [3.05, 3.63) is 71.3 Å². The van der Waals surface area contributed by atoms with Crippen molar-refractivity contribution >= 4 is 28.7 Å². The molecule has 0 saturated heterocycles. The van der Waals surface area contributed by atoms with Gasteiger partial charge in [0.2, 0.25) is 0 Å². The Kier molecular flexibility index (Phi) is 8.87. The summed E-state index contributed by atoms with van der Waals surface area (Å²) >= 11 is 1.50. The van der Waals surface area contributed by atoms with Crippen LogP contribution in [0.4, 0.5) is 14.6 Å². The Balaban J connectivity index is 1.41. The van der Waals surface area contributed by atoms with E-state index in [9.17, 15) is 24.1 Å². The van der Waals surface area contributed by atoms with Crippen molar-refractivity contribution in [2.45, 2.75) is 74.2 Å². The largest absolute Gasteiger partial charge is 0.394 e. The molecule has 6 unspecified atom stereocenters. The van der Waals surface area contributed by atoms with Crippen LogP contribution in [-0.4, -0.2) is 83.6 Å². The topological polar surface area (TPSA) is 130 Å². The standard InChI is InChI=1S/C30H34F2N6O4S/c1-2-12-43-30-33-28(25-29(34-30)38(36-35-25)23-15-24(42-11-10-39)27(41)26(23)40)37(16-17-6-4-3-5-7-17)22-14-19(22)18-8-9-20(31)21(32)13-18/h3-9,13,19,22-24,26-27,39-41H,2,10-12,14-16H2,1H3. The SMILES string of the molecule is CCCSc1nc(N(Cc2ccccc2)C2CC2c2ccc(F)c(F)c2)c2nnn(C3CC(OCCO)C(O)C3O)c2n1. The average Bonchev–Trinajstić information content (AvgIpc) is 3.62. The molecule has 6 rings (SSSR count). The quantitative estimate of drug-likeness (QED) is 0.161. The summed E-state index contributed by atoms with van der Waals surface area (Å²) in [6.45, 7) is 2.40. The molecule has 2 aliphatic rings. The lowest BCUT2D eigenvalue weighted by Gasteiger charge is -2.25. The number of fused-ring (bicyclic) bond motifs is 1. The molecule has 2 aromatic carbocycles. The van der Waals surface area contributed by atoms with Crippen LogP contribution in [0.25, 0.3) is 11.2 Å². The Bertz CT molecular complexity index is 1560. The first kappa shape index (κ1) is 29.8. The fourth-order valence-corrected chi connectivity index (χ4v) is 6.50. The van der Waals surface area contributed by atoms with Crippen LogP contribution in [-0.2, 0) is 11.3 Å². The van der Waals surface area contributed by atoms with Crippen LogP contribution >= 0.6 is 11.8 Å². The highest BCUT2D eigenvalue weighted by molar-refractivity contribution is 7.99. The van der Waals surface area contributed by atoms with Gasteiger partial charge < -0.3 is 25.0 Å². The normalized spacial score (nSPS) is 25.0. The molecule has 0 radical (unpaired) electrons. The van der Waals surface area contributed by atoms with Gasteiger partial charge in [-0.3, -0.25) is 0 Å². The number of anilines is 1. The van der Waals surface area contributed by atoms with Crippen molar-refractivity contribution in [3.63, 3.8) is 0 Å². The van der Waals surface area contributed by atoms with Crippen LogP contribution in [0.1, 0.15) is 49.3 Å². The molecule has 2 aromatic heterocycles. The summed E-state index contributed by atoms with van der Waals surface area (Å²) < 4.78 is 35.0. The number of nitrogens with zero attached hydrogens (tertiary/aromatic N) is 6. The zero-order chi connectivity index (χ0) is 30.1. The van der Waals surface area contributed by atoms with E-state index in [-0.39, 0.29) is 31.6 Å². The third kappa shape index (κ3) is 6.09. The highest BCUT2D eigenvalue weighted by Crippen LogP contribution is 2.48. The Morgan fingerprint density at radius 1 is 1.05 bits per heavy atom. The van der Waals surface area contributed by atoms with E-state index in [2.05, 4.69) is 22.1 Å². The molecule has 2 saturated carbocycles. The molecule has 3 N–H and O–H groups in total. The first-order chi connectivity index (χ1) is 20.9. The van der Waals surface area contributed by atoms with Gasteiger partial charge >= 0.3 is 0 Å². The second kappa shape index (κ2) is 12.8. The number of rotatable bonds is 12. The Morgan fingerprint density at radius 3 is 2.60 bits per heavy atom. The van der Waals surface area contributed by atoms with Crippen LogP contribution < -0.4 is 4.90 Å². The summed E-state index contributed by atoms with van der Waals surface area (Å²) in [6.07, 6.45) is -1.15. The van der Waals surface area contributed by atoms with Crippen molar-refractivity contribution in [2.24, 2.45) is 0 Å². The number of halogens is 2. The molecule has 43 heavy (non-hydrogen) atoms. The molecule has 228 valence electrons. The van der Waals surface area contributed by atoms with Gasteiger partial charge in [-0.25, -0.2) is 23.4 Å². The maximum Gasteiger partial charge on any atom is 0.191 e. The highest BCUT2D eigenvalue weighted by Gasteiger charge is 2.47. The smallest absolute Gasteiger partial charge is 0.191 e. The number of hydrogen-bond acceptors (Lipinski definition) is 10. The van der Waals surface area contributed by atoms with Gasteiger partial charge in [-0.1, -0.05) is 60.3 Å². The lowest BCUT2D eigenvalue weighted by molar-refractivity contribution is -0.0629. The van der Waals surface area contributed by atoms with Gasteiger partial charge in [0, 0.05) is 30.7 Å². The molecule has 6 atom stereocenters. The summed E-state index contributed by atoms with van der Waals surface area (Å²) in [5.41, 5.74) is 2.62. The van der Waals surface area contributed by atoms with Crippen LogP contribution in [0.15, 0.2) is 53.7 Å². The molecule has 2 aliphatic carbocycles. The molecule has 2 fully saturated rings. The first-order valence-electron chi connectivity index (χ1n) is 14.5. The first-order valence-corrected chi connectivity index (χ1v) is 15.5. The minimum Gasteiger partial charge on any atom is -0.394 e. The molecule has 13 heteroatoms. The maximum atomic E-state index is 14.2. The molecule has 0 bridgehead atoms. The molecular formula is C30H34F2N6O4S. The second-order valence-corrected chi connectivity index (χ2v) is 12.1. The van der Waals surface area contributed by atoms with E-state index < -0.39 is 36.0 Å². The number of aliphatic hydroxyl groups is 3. The van der Waals surface area contributed by atoms with Crippen LogP contribution in [0.3, 0.4) is 0 Å². The van der Waals surface area contributed by atoms with E-state index >= 15 is 0 Å². The van der Waals surface area contributed by atoms with Crippen molar-refractivity contribution in [2.75, 3.05) is 23.9 Å². The zero-order valence-electron chi connectivity index (χ0n) is 23.6. The van der Waals surface area contributed by atoms with Crippen molar-refractivity contribution in [1.29, 1.82) is 0 Å². The summed E-state index contributed by atoms with van der Waals surface area (Å²) in [5.74, 6) is -0.441. The summed E-state index contributed by atoms with van der Waals surface area (Å²) in [7, 11) is 0. The van der Waals surface area contributed by atoms with Gasteiger partial charge in [0.05, 0.1) is 25.4 Å². The molecule has 10 nitrogen and oxygen atoms in total. The van der Waals surface area contributed by atoms with Gasteiger partial charge in [0.1, 0.15) is 12.2 Å². The predicted octanol–water partition coefficient (Wildman–Crippen LogP) is 3.61. The lowest BCUT2D eigenvalue weighted by Crippen LogP contribution is -2.33. The highest BCUT2D eigenvalue weighted by atomic mass is 32.2. The number of benzene rings is 2. The lowest BCUT2D eigenvalue weighted by atomic mass is 10.1. The summed E-state index contributed by atoms with van der Waals surface area (Å²) in [6, 6.07) is 13.2. The second-order valence-electron chi connectivity index (χ2n) is 11.0. The minimum absolute atomic E-state index is 0.0400. The van der Waals surface area contributed by atoms with E-state index in [0.29, 0.717) is 40.7 Å². The molecular weight excluding hydrogens is 578 g/mol. The molecule has 0 aliphatic heterocycles. The number of hydrogen-bond donors (Lipinski definition) is 3. The van der Waals surface area contributed by atoms with Crippen molar-refractivity contribution in [1.82, 2.24) is 25.0 Å². The molecule has 0 spiro atoms. The van der Waals surface area contributed by atoms with E-state index in [0.717, 1.165) is 23.8 Å². The van der Waals surface area contributed by atoms with Crippen LogP contribution in [0.5, 0.6) is 0 Å². The number of aromatic nitrogens is 5. The van der Waals surface area contributed by atoms with Gasteiger partial charge in [-0.05, 0) is 36.1 Å². The van der Waals surface area contributed by atoms with E-state index in [1.54, 1.807) is 6.07 Å². The average molecular weight is 613 g/mol. The van der Waals surface area contributed by atoms with Gasteiger partial charge in [-0.2, -0.15) is 0 Å². The van der Waals surface area contributed by atoms with Gasteiger partial charge in [0.15, 0.2) is 33.8 Å². The predicted molar refractivity (Wildman–Crippen MR) is 157 cm³/mol. The number of ether oxygens (including phenoxy) is 1. The Hall–Kier alpha value is -3.23. The van der Waals surface area contributed by atoms with E-state index in [1.165, 1.54) is 22.5 Å². The van der Waals surface area contributed by atoms with E-state index in [4.69, 9.17) is 14.7 Å². The van der Waals surface area contributed by atoms with Crippen molar-refractivity contribution < 1.29 is 28.8 Å². The van der Waals surface area contributed by atoms with Crippen molar-refractivity contribution in [3.8, 4) is 0 Å². The molecule has 4 aromatic rings. The summed E-state index contributed by atoms with van der Waals surface area (Å²) in [5, 5.41) is 40.2. The van der Waals surface area contributed by atoms with Crippen LogP contribution in [0, 0.1) is 11.6 Å². The Morgan fingerprint density at radius 2 is 1.86 bits per heavy atom. The summed E-state index contributed by atoms with van der Waals surface area (Å²) in [4.78, 5) is 11.9. The van der Waals surface area contributed by atoms with Gasteiger partial charge in [0.25, 0.3) is 0 Å². The molecule has 2 heterocycles. The number of aliphatic hydroxyl groups excluding tert-OH is 3.